The highest BCUT2D eigenvalue weighted by atomic mass is 16.5. The Morgan fingerprint density at radius 2 is 2.35 bits per heavy atom. The van der Waals surface area contributed by atoms with Crippen LogP contribution in [0.4, 0.5) is 0 Å². The van der Waals surface area contributed by atoms with Crippen LogP contribution in [-0.4, -0.2) is 17.7 Å². The van der Waals surface area contributed by atoms with Gasteiger partial charge < -0.3 is 14.3 Å². The van der Waals surface area contributed by atoms with E-state index in [9.17, 15) is 9.90 Å². The first-order valence-corrected chi connectivity index (χ1v) is 5.60. The first kappa shape index (κ1) is 13.5. The smallest absolute Gasteiger partial charge is 0.302 e. The molecule has 0 aliphatic heterocycles. The summed E-state index contributed by atoms with van der Waals surface area (Å²) in [5, 5.41) is 9.77. The van der Waals surface area contributed by atoms with Crippen LogP contribution >= 0.6 is 0 Å². The Morgan fingerprint density at radius 3 is 2.94 bits per heavy atom. The molecule has 0 unspecified atom stereocenters. The number of carbonyl (C=O) groups is 1. The van der Waals surface area contributed by atoms with Gasteiger partial charge in [-0.2, -0.15) is 0 Å². The number of carbonyl (C=O) groups excluding carboxylic acids is 1. The van der Waals surface area contributed by atoms with Gasteiger partial charge in [0.25, 0.3) is 0 Å². The molecule has 1 heterocycles. The van der Waals surface area contributed by atoms with Gasteiger partial charge >= 0.3 is 5.97 Å². The molecule has 0 saturated carbocycles. The molecule has 94 valence electrons. The van der Waals surface area contributed by atoms with Crippen molar-refractivity contribution in [1.29, 1.82) is 0 Å². The third kappa shape index (κ3) is 5.36. The largest absolute Gasteiger partial charge is 0.467 e. The number of ether oxygens (including phenoxy) is 1. The van der Waals surface area contributed by atoms with Crippen molar-refractivity contribution in [2.45, 2.75) is 32.8 Å². The number of hydrogen-bond donors (Lipinski definition) is 1. The fourth-order valence-electron chi connectivity index (χ4n) is 1.39. The lowest BCUT2D eigenvalue weighted by molar-refractivity contribution is -0.139. The van der Waals surface area contributed by atoms with Crippen LogP contribution in [0.3, 0.4) is 0 Å². The van der Waals surface area contributed by atoms with Crippen molar-refractivity contribution in [3.8, 4) is 0 Å². The van der Waals surface area contributed by atoms with Crippen molar-refractivity contribution in [1.82, 2.24) is 0 Å². The molecule has 4 heteroatoms. The SMILES string of the molecule is CC(=O)OC/C=C(\C)CC[C@@H](O)c1ccco1. The predicted molar refractivity (Wildman–Crippen MR) is 63.3 cm³/mol. The van der Waals surface area contributed by atoms with Crippen LogP contribution in [0.15, 0.2) is 34.5 Å². The molecule has 1 aromatic rings. The number of aliphatic hydroxyl groups excluding tert-OH is 1. The molecule has 1 aromatic heterocycles. The molecule has 0 bridgehead atoms. The minimum absolute atomic E-state index is 0.287. The van der Waals surface area contributed by atoms with Crippen molar-refractivity contribution in [2.24, 2.45) is 0 Å². The van der Waals surface area contributed by atoms with Crippen LogP contribution < -0.4 is 0 Å². The van der Waals surface area contributed by atoms with Gasteiger partial charge in [0.2, 0.25) is 0 Å². The van der Waals surface area contributed by atoms with Crippen LogP contribution in [0.1, 0.15) is 38.6 Å². The first-order chi connectivity index (χ1) is 8.09. The number of allylic oxidation sites excluding steroid dienone is 1. The average molecular weight is 238 g/mol. The van der Waals surface area contributed by atoms with E-state index < -0.39 is 6.10 Å². The van der Waals surface area contributed by atoms with Gasteiger partial charge in [0, 0.05) is 6.92 Å². The van der Waals surface area contributed by atoms with Gasteiger partial charge in [-0.1, -0.05) is 5.57 Å². The number of rotatable bonds is 6. The monoisotopic (exact) mass is 238 g/mol. The highest BCUT2D eigenvalue weighted by Gasteiger charge is 2.09. The Morgan fingerprint density at radius 1 is 1.59 bits per heavy atom. The Labute approximate surface area is 101 Å². The molecule has 1 atom stereocenters. The minimum atomic E-state index is -0.581. The van der Waals surface area contributed by atoms with E-state index in [1.807, 2.05) is 13.0 Å². The molecule has 0 saturated heterocycles. The zero-order chi connectivity index (χ0) is 12.7. The van der Waals surface area contributed by atoms with Gasteiger partial charge in [-0.15, -0.1) is 0 Å². The maximum atomic E-state index is 10.5. The van der Waals surface area contributed by atoms with E-state index in [0.29, 0.717) is 12.2 Å². The van der Waals surface area contributed by atoms with E-state index in [1.165, 1.54) is 6.92 Å². The Bertz CT molecular complexity index is 365. The maximum absolute atomic E-state index is 10.5. The van der Waals surface area contributed by atoms with Crippen molar-refractivity contribution in [2.75, 3.05) is 6.61 Å². The van der Waals surface area contributed by atoms with E-state index in [1.54, 1.807) is 18.4 Å². The van der Waals surface area contributed by atoms with Gasteiger partial charge in [0.1, 0.15) is 18.5 Å². The van der Waals surface area contributed by atoms with Gasteiger partial charge in [-0.05, 0) is 38.0 Å². The second kappa shape index (κ2) is 6.91. The highest BCUT2D eigenvalue weighted by molar-refractivity contribution is 5.66. The molecule has 0 spiro atoms. The second-order valence-electron chi connectivity index (χ2n) is 3.92. The second-order valence-corrected chi connectivity index (χ2v) is 3.92. The third-order valence-corrected chi connectivity index (χ3v) is 2.40. The summed E-state index contributed by atoms with van der Waals surface area (Å²) >= 11 is 0. The minimum Gasteiger partial charge on any atom is -0.467 e. The van der Waals surface area contributed by atoms with Gasteiger partial charge in [-0.3, -0.25) is 4.79 Å². The van der Waals surface area contributed by atoms with Gasteiger partial charge in [-0.25, -0.2) is 0 Å². The maximum Gasteiger partial charge on any atom is 0.302 e. The summed E-state index contributed by atoms with van der Waals surface area (Å²) in [6.07, 6.45) is 4.14. The number of aliphatic hydroxyl groups is 1. The summed E-state index contributed by atoms with van der Waals surface area (Å²) in [7, 11) is 0. The van der Waals surface area contributed by atoms with Crippen LogP contribution in [-0.2, 0) is 9.53 Å². The van der Waals surface area contributed by atoms with Crippen molar-refractivity contribution < 1.29 is 19.1 Å². The molecular formula is C13H18O4. The Kier molecular flexibility index (Phi) is 5.49. The lowest BCUT2D eigenvalue weighted by Gasteiger charge is -2.07. The molecule has 0 amide bonds. The fourth-order valence-corrected chi connectivity index (χ4v) is 1.39. The Hall–Kier alpha value is -1.55. The summed E-state index contributed by atoms with van der Waals surface area (Å²) in [6, 6.07) is 3.50. The third-order valence-electron chi connectivity index (χ3n) is 2.40. The normalized spacial score (nSPS) is 13.5. The van der Waals surface area contributed by atoms with Gasteiger partial charge in [0.15, 0.2) is 0 Å². The molecule has 17 heavy (non-hydrogen) atoms. The molecule has 1 N–H and O–H groups in total. The van der Waals surface area contributed by atoms with Crippen LogP contribution in [0, 0.1) is 0 Å². The topological polar surface area (TPSA) is 59.7 Å². The summed E-state index contributed by atoms with van der Waals surface area (Å²) in [4.78, 5) is 10.5. The van der Waals surface area contributed by atoms with E-state index >= 15 is 0 Å². The molecular weight excluding hydrogens is 220 g/mol. The molecule has 0 aliphatic rings. The molecule has 0 aliphatic carbocycles. The standard InChI is InChI=1S/C13H18O4/c1-10(7-9-16-11(2)14)5-6-12(15)13-4-3-8-17-13/h3-4,7-8,12,15H,5-6,9H2,1-2H3/b10-7+/t12-/m1/s1. The first-order valence-electron chi connectivity index (χ1n) is 5.60. The van der Waals surface area contributed by atoms with E-state index in [4.69, 9.17) is 9.15 Å². The molecule has 4 nitrogen and oxygen atoms in total. The number of furan rings is 1. The average Bonchev–Trinajstić information content (AvgIpc) is 2.78. The van der Waals surface area contributed by atoms with Gasteiger partial charge in [0.05, 0.1) is 6.26 Å². The molecule has 0 radical (unpaired) electrons. The Balaban J connectivity index is 2.27. The zero-order valence-electron chi connectivity index (χ0n) is 10.2. The van der Waals surface area contributed by atoms with E-state index in [-0.39, 0.29) is 12.6 Å². The van der Waals surface area contributed by atoms with E-state index in [0.717, 1.165) is 12.0 Å². The fraction of sp³-hybridized carbons (Fsp3) is 0.462. The van der Waals surface area contributed by atoms with Crippen LogP contribution in [0.25, 0.3) is 0 Å². The lowest BCUT2D eigenvalue weighted by atomic mass is 10.1. The van der Waals surface area contributed by atoms with Crippen LogP contribution in [0.5, 0.6) is 0 Å². The predicted octanol–water partition coefficient (Wildman–Crippen LogP) is 2.60. The molecule has 0 aromatic carbocycles. The number of esters is 1. The van der Waals surface area contributed by atoms with E-state index in [2.05, 4.69) is 0 Å². The highest BCUT2D eigenvalue weighted by Crippen LogP contribution is 2.20. The summed E-state index contributed by atoms with van der Waals surface area (Å²) in [6.45, 7) is 3.61. The summed E-state index contributed by atoms with van der Waals surface area (Å²) < 4.78 is 9.90. The van der Waals surface area contributed by atoms with Crippen molar-refractivity contribution in [3.63, 3.8) is 0 Å². The quantitative estimate of drug-likeness (QED) is 0.611. The zero-order valence-corrected chi connectivity index (χ0v) is 10.2. The van der Waals surface area contributed by atoms with Crippen molar-refractivity contribution in [3.05, 3.63) is 35.8 Å². The number of hydrogen-bond acceptors (Lipinski definition) is 4. The summed E-state index contributed by atoms with van der Waals surface area (Å²) in [5.41, 5.74) is 1.08. The van der Waals surface area contributed by atoms with Crippen molar-refractivity contribution >= 4 is 5.97 Å². The van der Waals surface area contributed by atoms with Crippen LogP contribution in [0.2, 0.25) is 0 Å². The molecule has 1 rings (SSSR count). The lowest BCUT2D eigenvalue weighted by Crippen LogP contribution is -1.99. The molecule has 0 fully saturated rings. The summed E-state index contributed by atoms with van der Waals surface area (Å²) in [5.74, 6) is 0.294.